The van der Waals surface area contributed by atoms with Gasteiger partial charge in [0.15, 0.2) is 13.9 Å². The number of hydrogen-bond donors (Lipinski definition) is 4. The van der Waals surface area contributed by atoms with Crippen LogP contribution in [0, 0.1) is 0 Å². The molecular formula is C46H58N4O8S2Si. The minimum absolute atomic E-state index is 0.0110. The van der Waals surface area contributed by atoms with Gasteiger partial charge in [-0.25, -0.2) is 9.59 Å². The molecule has 0 aliphatic heterocycles. The summed E-state index contributed by atoms with van der Waals surface area (Å²) in [5.74, 6) is -0.967. The normalized spacial score (nSPS) is 17.0. The molecule has 1 atom stereocenters. The first-order chi connectivity index (χ1) is 29.0. The third-order valence-electron chi connectivity index (χ3n) is 12.6. The number of aromatic amines is 1. The van der Waals surface area contributed by atoms with Crippen molar-refractivity contribution in [3.63, 3.8) is 0 Å². The predicted octanol–water partition coefficient (Wildman–Crippen LogP) is 8.62. The van der Waals surface area contributed by atoms with Gasteiger partial charge < -0.3 is 39.0 Å². The number of phenolic OH excluding ortho intramolecular Hbond substituents is 1. The first-order valence-corrected chi connectivity index (χ1v) is 25.8. The van der Waals surface area contributed by atoms with E-state index in [9.17, 15) is 24.6 Å². The molecule has 0 amide bonds. The molecule has 0 bridgehead atoms. The van der Waals surface area contributed by atoms with Crippen LogP contribution in [-0.2, 0) is 32.6 Å². The van der Waals surface area contributed by atoms with E-state index in [2.05, 4.69) is 56.1 Å². The highest BCUT2D eigenvalue weighted by Gasteiger charge is 2.45. The number of nitrogens with zero attached hydrogens (tertiary/aromatic N) is 2. The van der Waals surface area contributed by atoms with Gasteiger partial charge in [0.2, 0.25) is 11.2 Å². The van der Waals surface area contributed by atoms with Crippen molar-refractivity contribution in [1.29, 1.82) is 0 Å². The third-order valence-corrected chi connectivity index (χ3v) is 19.1. The molecule has 326 valence electrons. The molecule has 0 unspecified atom stereocenters. The number of carbonyl (C=O) groups is 1. The second-order valence-corrected chi connectivity index (χ2v) is 24.4. The van der Waals surface area contributed by atoms with Gasteiger partial charge in [-0.2, -0.15) is 0 Å². The topological polar surface area (TPSA) is 159 Å². The molecule has 61 heavy (non-hydrogen) atoms. The number of esters is 1. The molecule has 0 saturated heterocycles. The number of benzene rings is 2. The second kappa shape index (κ2) is 18.6. The number of aromatic nitrogens is 2. The Morgan fingerprint density at radius 1 is 1.00 bits per heavy atom. The van der Waals surface area contributed by atoms with Crippen molar-refractivity contribution in [2.45, 2.75) is 114 Å². The molecular weight excluding hydrogens is 829 g/mol. The fraction of sp³-hybridized carbons (Fsp3) is 0.457. The lowest BCUT2D eigenvalue weighted by molar-refractivity contribution is -0.169. The largest absolute Gasteiger partial charge is 0.506 e. The first-order valence-electron chi connectivity index (χ1n) is 21.1. The minimum Gasteiger partial charge on any atom is -0.506 e. The first kappa shape index (κ1) is 44.7. The van der Waals surface area contributed by atoms with E-state index in [1.165, 1.54) is 28.7 Å². The maximum atomic E-state index is 13.4. The zero-order valence-corrected chi connectivity index (χ0v) is 38.5. The predicted molar refractivity (Wildman–Crippen MR) is 245 cm³/mol. The van der Waals surface area contributed by atoms with Crippen molar-refractivity contribution in [2.24, 2.45) is 0 Å². The van der Waals surface area contributed by atoms with E-state index in [1.807, 2.05) is 47.2 Å². The molecule has 1 aliphatic carbocycles. The molecule has 4 N–H and O–H groups in total. The Bertz CT molecular complexity index is 2500. The fourth-order valence-electron chi connectivity index (χ4n) is 8.01. The number of H-pyrrole nitrogens is 1. The Hall–Kier alpha value is -4.35. The van der Waals surface area contributed by atoms with E-state index in [0.29, 0.717) is 46.5 Å². The minimum atomic E-state index is -2.24. The quantitative estimate of drug-likeness (QED) is 0.0397. The van der Waals surface area contributed by atoms with Crippen LogP contribution >= 0.6 is 22.7 Å². The lowest BCUT2D eigenvalue weighted by atomic mass is 9.91. The molecule has 4 heterocycles. The van der Waals surface area contributed by atoms with Gasteiger partial charge in [-0.3, -0.25) is 9.36 Å². The van der Waals surface area contributed by atoms with Gasteiger partial charge in [0.25, 0.3) is 0 Å². The molecule has 1 saturated carbocycles. The Morgan fingerprint density at radius 2 is 1.70 bits per heavy atom. The summed E-state index contributed by atoms with van der Waals surface area (Å²) >= 11 is 2.69. The Labute approximate surface area is 365 Å². The zero-order valence-electron chi connectivity index (χ0n) is 35.9. The van der Waals surface area contributed by atoms with Crippen molar-refractivity contribution >= 4 is 59.0 Å². The number of oxazole rings is 1. The van der Waals surface area contributed by atoms with Crippen molar-refractivity contribution in [2.75, 3.05) is 20.1 Å². The summed E-state index contributed by atoms with van der Waals surface area (Å²) in [6.45, 7) is 13.4. The Kier molecular flexibility index (Phi) is 13.6. The number of unbranched alkanes of at least 4 members (excludes halogenated alkanes) is 1. The van der Waals surface area contributed by atoms with E-state index in [1.54, 1.807) is 28.8 Å². The number of thiophene rings is 2. The molecule has 6 aromatic rings. The monoisotopic (exact) mass is 886 g/mol. The smallest absolute Gasteiger partial charge is 0.419 e. The highest BCUT2D eigenvalue weighted by Crippen LogP contribution is 2.42. The van der Waals surface area contributed by atoms with E-state index < -0.39 is 19.9 Å². The van der Waals surface area contributed by atoms with Crippen molar-refractivity contribution in [3.8, 4) is 5.75 Å². The number of nitrogens with one attached hydrogen (secondary N) is 2. The lowest BCUT2D eigenvalue weighted by Crippen LogP contribution is -2.43. The summed E-state index contributed by atoms with van der Waals surface area (Å²) in [6, 6.07) is 20.1. The number of aliphatic hydroxyl groups is 1. The Balaban J connectivity index is 0.905. The maximum Gasteiger partial charge on any atom is 0.419 e. The molecule has 15 heteroatoms. The Morgan fingerprint density at radius 3 is 2.36 bits per heavy atom. The average molecular weight is 887 g/mol. The van der Waals surface area contributed by atoms with Gasteiger partial charge in [0.1, 0.15) is 11.9 Å². The van der Waals surface area contributed by atoms with Gasteiger partial charge in [0.05, 0.1) is 26.9 Å². The average Bonchev–Trinajstić information content (AvgIpc) is 4.02. The van der Waals surface area contributed by atoms with Crippen molar-refractivity contribution in [3.05, 3.63) is 119 Å². The standard InChI is InChI=1S/C46H58N4O8S2Si/c1-45(2,3)61(5,6)58-38(33-18-21-36(51)42-34(33)19-22-41(52)48-42)29-47-28-30-13-20-35-37(27-30)57-44(54)50(35)24-8-7-23-49(4)31-14-16-32(17-15-31)56-43(53)46(55,39-11-9-25-59-39)40-12-10-26-60-40/h9-13,18-22,25-27,31-32,38,47,51,55H,7-8,14-17,23-24,28-29H2,1-6H3,(H,48,52)/t31-,32-,38-/m0/s1. The number of hydrogen-bond acceptors (Lipinski definition) is 12. The summed E-state index contributed by atoms with van der Waals surface area (Å²) in [4.78, 5) is 44.8. The van der Waals surface area contributed by atoms with E-state index in [4.69, 9.17) is 13.6 Å². The zero-order chi connectivity index (χ0) is 43.5. The van der Waals surface area contributed by atoms with Crippen molar-refractivity contribution in [1.82, 2.24) is 19.8 Å². The summed E-state index contributed by atoms with van der Waals surface area (Å²) in [5.41, 5.74) is 1.47. The van der Waals surface area contributed by atoms with Gasteiger partial charge in [-0.15, -0.1) is 22.7 Å². The van der Waals surface area contributed by atoms with Crippen LogP contribution in [0.4, 0.5) is 0 Å². The summed E-state index contributed by atoms with van der Waals surface area (Å²) in [5, 5.41) is 30.1. The van der Waals surface area contributed by atoms with Gasteiger partial charge >= 0.3 is 11.7 Å². The van der Waals surface area contributed by atoms with E-state index in [0.717, 1.165) is 67.1 Å². The molecule has 1 aliphatic rings. The molecule has 1 fully saturated rings. The number of ether oxygens (including phenoxy) is 1. The van der Waals surface area contributed by atoms with Crippen molar-refractivity contribution < 1.29 is 28.6 Å². The molecule has 4 aromatic heterocycles. The van der Waals surface area contributed by atoms with Crippen LogP contribution in [0.25, 0.3) is 22.0 Å². The summed E-state index contributed by atoms with van der Waals surface area (Å²) in [7, 11) is -0.106. The van der Waals surface area contributed by atoms with Gasteiger partial charge in [0, 0.05) is 37.1 Å². The molecule has 2 aromatic carbocycles. The lowest BCUT2D eigenvalue weighted by Gasteiger charge is -2.39. The highest BCUT2D eigenvalue weighted by molar-refractivity contribution is 7.12. The summed E-state index contributed by atoms with van der Waals surface area (Å²) in [6.07, 6.45) is 4.41. The van der Waals surface area contributed by atoms with Crippen LogP contribution in [0.5, 0.6) is 5.75 Å². The maximum absolute atomic E-state index is 13.4. The number of carbonyl (C=O) groups excluding carboxylic acids is 1. The second-order valence-electron chi connectivity index (χ2n) is 17.8. The van der Waals surface area contributed by atoms with Crippen LogP contribution < -0.4 is 16.6 Å². The molecule has 0 radical (unpaired) electrons. The number of aromatic hydroxyl groups is 1. The number of phenols is 1. The van der Waals surface area contributed by atoms with Crippen LogP contribution in [-0.4, -0.2) is 71.2 Å². The molecule has 7 rings (SSSR count). The van der Waals surface area contributed by atoms with Gasteiger partial charge in [-0.05, 0) is 129 Å². The van der Waals surface area contributed by atoms with E-state index >= 15 is 0 Å². The number of rotatable bonds is 17. The van der Waals surface area contributed by atoms with Crippen LogP contribution in [0.3, 0.4) is 0 Å². The molecule has 12 nitrogen and oxygen atoms in total. The summed E-state index contributed by atoms with van der Waals surface area (Å²) < 4.78 is 20.3. The van der Waals surface area contributed by atoms with Crippen LogP contribution in [0.1, 0.15) is 86.3 Å². The van der Waals surface area contributed by atoms with Crippen LogP contribution in [0.15, 0.2) is 91.5 Å². The highest BCUT2D eigenvalue weighted by atomic mass is 32.1. The fourth-order valence-corrected chi connectivity index (χ4v) is 11.0. The van der Waals surface area contributed by atoms with Crippen LogP contribution in [0.2, 0.25) is 18.1 Å². The number of pyridine rings is 1. The van der Waals surface area contributed by atoms with Gasteiger partial charge in [-0.1, -0.05) is 45.0 Å². The SMILES string of the molecule is CN(CCCCn1c(=O)oc2cc(CNC[C@H](O[Si](C)(C)C(C)(C)C)c3ccc(O)c4[nH]c(=O)ccc34)ccc21)[C@H]1CC[C@H](OC(=O)C(O)(c2cccs2)c2cccs2)CC1. The third kappa shape index (κ3) is 9.83. The number of fused-ring (bicyclic) bond motifs is 2. The van der Waals surface area contributed by atoms with E-state index in [-0.39, 0.29) is 34.3 Å². The molecule has 0 spiro atoms. The number of aryl methyl sites for hydroxylation is 1.